The summed E-state index contributed by atoms with van der Waals surface area (Å²) in [5.74, 6) is -3.61. The predicted octanol–water partition coefficient (Wildman–Crippen LogP) is 10.2. The van der Waals surface area contributed by atoms with Gasteiger partial charge >= 0.3 is 0 Å². The van der Waals surface area contributed by atoms with Crippen LogP contribution >= 0.6 is 0 Å². The van der Waals surface area contributed by atoms with Gasteiger partial charge in [-0.05, 0) is 106 Å². The average Bonchev–Trinajstić information content (AvgIpc) is 3.47. The van der Waals surface area contributed by atoms with Gasteiger partial charge in [0.15, 0.2) is 23.3 Å². The van der Waals surface area contributed by atoms with Crippen molar-refractivity contribution in [3.8, 4) is 11.1 Å². The maximum absolute atomic E-state index is 14.0. The van der Waals surface area contributed by atoms with Crippen LogP contribution in [-0.2, 0) is 5.41 Å². The zero-order valence-electron chi connectivity index (χ0n) is 22.8. The maximum atomic E-state index is 14.0. The van der Waals surface area contributed by atoms with Crippen molar-refractivity contribution in [2.45, 2.75) is 18.3 Å². The van der Waals surface area contributed by atoms with Gasteiger partial charge in [-0.2, -0.15) is 0 Å². The predicted molar refractivity (Wildman–Crippen MR) is 163 cm³/mol. The largest absolute Gasteiger partial charge is 0.355 e. The van der Waals surface area contributed by atoms with E-state index in [2.05, 4.69) is 65.3 Å². The van der Waals surface area contributed by atoms with Crippen molar-refractivity contribution in [3.05, 3.63) is 160 Å². The molecule has 0 heterocycles. The smallest absolute Gasteiger partial charge is 0.160 e. The van der Waals surface area contributed by atoms with Gasteiger partial charge in [-0.15, -0.1) is 0 Å². The molecule has 0 bridgehead atoms. The van der Waals surface area contributed by atoms with Gasteiger partial charge in [0.05, 0.1) is 5.41 Å². The first kappa shape index (κ1) is 25.6. The molecule has 0 aliphatic heterocycles. The lowest BCUT2D eigenvalue weighted by Crippen LogP contribution is -2.28. The summed E-state index contributed by atoms with van der Waals surface area (Å²) < 4.78 is 55.3. The normalized spacial score (nSPS) is 17.5. The molecule has 2 nitrogen and oxygen atoms in total. The molecular weight excluding hydrogens is 548 g/mol. The van der Waals surface area contributed by atoms with E-state index in [0.29, 0.717) is 11.4 Å². The standard InChI is InChI=1S/C37H24F4N2/c38-33-15-11-23(19-35(33)40)42-21-9-13-27-25-5-1-3-7-29(25)37(31(27)17-21)30-8-4-2-6-26(30)28-14-10-22(18-32(28)37)43-24-12-16-34(39)36(41)20-24/h1-3,5-7,9-20,42-43H,4,8H2. The van der Waals surface area contributed by atoms with Crippen LogP contribution in [0.15, 0.2) is 115 Å². The molecule has 0 aromatic heterocycles. The third kappa shape index (κ3) is 3.79. The van der Waals surface area contributed by atoms with Crippen molar-refractivity contribution in [2.75, 3.05) is 10.6 Å². The van der Waals surface area contributed by atoms with Crippen molar-refractivity contribution in [1.82, 2.24) is 0 Å². The van der Waals surface area contributed by atoms with E-state index in [1.807, 2.05) is 18.2 Å². The fourth-order valence-electron chi connectivity index (χ4n) is 7.09. The molecule has 0 fully saturated rings. The quantitative estimate of drug-likeness (QED) is 0.209. The molecule has 210 valence electrons. The number of halogens is 4. The second-order valence-electron chi connectivity index (χ2n) is 11.2. The number of benzene rings is 5. The molecule has 0 amide bonds. The van der Waals surface area contributed by atoms with Gasteiger partial charge < -0.3 is 10.6 Å². The molecule has 3 aliphatic carbocycles. The first-order chi connectivity index (χ1) is 20.9. The third-order valence-corrected chi connectivity index (χ3v) is 8.80. The highest BCUT2D eigenvalue weighted by Crippen LogP contribution is 2.64. The van der Waals surface area contributed by atoms with E-state index in [-0.39, 0.29) is 0 Å². The Kier molecular flexibility index (Phi) is 5.63. The van der Waals surface area contributed by atoms with Crippen LogP contribution < -0.4 is 10.6 Å². The number of anilines is 4. The molecule has 43 heavy (non-hydrogen) atoms. The minimum Gasteiger partial charge on any atom is -0.355 e. The Balaban J connectivity index is 1.33. The summed E-state index contributed by atoms with van der Waals surface area (Å²) in [6.07, 6.45) is 6.21. The zero-order chi connectivity index (χ0) is 29.3. The number of allylic oxidation sites excluding steroid dienone is 4. The van der Waals surface area contributed by atoms with Crippen LogP contribution in [0.3, 0.4) is 0 Å². The molecule has 8 rings (SSSR count). The summed E-state index contributed by atoms with van der Waals surface area (Å²) >= 11 is 0. The molecule has 2 N–H and O–H groups in total. The SMILES string of the molecule is Fc1ccc(Nc2ccc3c(c2)C2(C4=C3C=CCC4)c3ccccc3-c3ccc(Nc4ccc(F)c(F)c4)cc32)cc1F. The van der Waals surface area contributed by atoms with E-state index in [4.69, 9.17) is 0 Å². The number of hydrogen-bond acceptors (Lipinski definition) is 2. The van der Waals surface area contributed by atoms with Crippen LogP contribution in [0.4, 0.5) is 40.3 Å². The van der Waals surface area contributed by atoms with Gasteiger partial charge in [0.1, 0.15) is 0 Å². The van der Waals surface area contributed by atoms with Gasteiger partial charge in [-0.1, -0.05) is 48.6 Å². The minimum absolute atomic E-state index is 0.453. The van der Waals surface area contributed by atoms with Gasteiger partial charge in [0, 0.05) is 34.9 Å². The lowest BCUT2D eigenvalue weighted by Gasteiger charge is -2.34. The summed E-state index contributed by atoms with van der Waals surface area (Å²) in [4.78, 5) is 0. The molecule has 6 heteroatoms. The summed E-state index contributed by atoms with van der Waals surface area (Å²) in [7, 11) is 0. The van der Waals surface area contributed by atoms with Gasteiger partial charge in [0.25, 0.3) is 0 Å². The molecule has 5 aromatic rings. The van der Waals surface area contributed by atoms with E-state index in [1.54, 1.807) is 0 Å². The van der Waals surface area contributed by atoms with Crippen LogP contribution in [0, 0.1) is 23.3 Å². The van der Waals surface area contributed by atoms with Crippen LogP contribution in [-0.4, -0.2) is 0 Å². The van der Waals surface area contributed by atoms with Crippen molar-refractivity contribution in [1.29, 1.82) is 0 Å². The molecule has 0 saturated heterocycles. The van der Waals surface area contributed by atoms with E-state index >= 15 is 0 Å². The van der Waals surface area contributed by atoms with Crippen LogP contribution in [0.2, 0.25) is 0 Å². The second-order valence-corrected chi connectivity index (χ2v) is 11.2. The van der Waals surface area contributed by atoms with Crippen molar-refractivity contribution < 1.29 is 17.6 Å². The molecular formula is C37H24F4N2. The zero-order valence-corrected chi connectivity index (χ0v) is 22.8. The maximum Gasteiger partial charge on any atom is 0.160 e. The topological polar surface area (TPSA) is 24.1 Å². The van der Waals surface area contributed by atoms with Gasteiger partial charge in [-0.25, -0.2) is 17.6 Å². The van der Waals surface area contributed by atoms with Crippen LogP contribution in [0.5, 0.6) is 0 Å². The molecule has 1 unspecified atom stereocenters. The molecule has 3 aliphatic rings. The van der Waals surface area contributed by atoms with Crippen molar-refractivity contribution >= 4 is 28.3 Å². The van der Waals surface area contributed by atoms with Gasteiger partial charge in [-0.3, -0.25) is 0 Å². The Morgan fingerprint density at radius 1 is 0.512 bits per heavy atom. The highest BCUT2D eigenvalue weighted by atomic mass is 19.2. The number of hydrogen-bond donors (Lipinski definition) is 2. The molecule has 5 aromatic carbocycles. The van der Waals surface area contributed by atoms with E-state index in [0.717, 1.165) is 76.3 Å². The highest BCUT2D eigenvalue weighted by molar-refractivity contribution is 5.98. The Morgan fingerprint density at radius 3 is 1.70 bits per heavy atom. The number of nitrogens with one attached hydrogen (secondary N) is 2. The van der Waals surface area contributed by atoms with Gasteiger partial charge in [0.2, 0.25) is 0 Å². The second kappa shape index (κ2) is 9.46. The summed E-state index contributed by atoms with van der Waals surface area (Å²) in [6, 6.07) is 28.4. The Hall–Kier alpha value is -5.10. The first-order valence-electron chi connectivity index (χ1n) is 14.2. The Morgan fingerprint density at radius 2 is 1.05 bits per heavy atom. The van der Waals surface area contributed by atoms with E-state index in [9.17, 15) is 17.6 Å². The molecule has 0 saturated carbocycles. The Bertz CT molecular complexity index is 2040. The van der Waals surface area contributed by atoms with Crippen molar-refractivity contribution in [2.24, 2.45) is 0 Å². The average molecular weight is 573 g/mol. The lowest BCUT2D eigenvalue weighted by molar-refractivity contribution is 0.509. The first-order valence-corrected chi connectivity index (χ1v) is 14.2. The summed E-state index contributed by atoms with van der Waals surface area (Å²) in [6.45, 7) is 0. The fourth-order valence-corrected chi connectivity index (χ4v) is 7.09. The minimum atomic E-state index is -0.912. The summed E-state index contributed by atoms with van der Waals surface area (Å²) in [5.41, 5.74) is 11.1. The van der Waals surface area contributed by atoms with Crippen LogP contribution in [0.25, 0.3) is 16.7 Å². The monoisotopic (exact) mass is 572 g/mol. The highest BCUT2D eigenvalue weighted by Gasteiger charge is 2.52. The fraction of sp³-hybridized carbons (Fsp3) is 0.0811. The molecule has 1 spiro atoms. The lowest BCUT2D eigenvalue weighted by atomic mass is 9.68. The summed E-state index contributed by atoms with van der Waals surface area (Å²) in [5, 5.41) is 6.54. The van der Waals surface area contributed by atoms with E-state index in [1.165, 1.54) is 28.8 Å². The van der Waals surface area contributed by atoms with E-state index < -0.39 is 28.7 Å². The number of fused-ring (bicyclic) bond motifs is 9. The molecule has 1 atom stereocenters. The van der Waals surface area contributed by atoms with Crippen LogP contribution in [0.1, 0.15) is 35.1 Å². The molecule has 0 radical (unpaired) electrons. The third-order valence-electron chi connectivity index (χ3n) is 8.80. The van der Waals surface area contributed by atoms with Crippen molar-refractivity contribution in [3.63, 3.8) is 0 Å². The number of rotatable bonds is 4. The Labute approximate surface area is 246 Å².